The normalized spacial score (nSPS) is 20.1. The molecule has 21 heavy (non-hydrogen) atoms. The van der Waals surface area contributed by atoms with E-state index in [1.165, 1.54) is 5.56 Å². The van der Waals surface area contributed by atoms with Crippen LogP contribution in [0.25, 0.3) is 0 Å². The lowest BCUT2D eigenvalue weighted by Gasteiger charge is -2.22. The molecule has 1 aromatic carbocycles. The number of benzene rings is 1. The number of urea groups is 1. The monoisotopic (exact) mass is 307 g/mol. The second kappa shape index (κ2) is 6.67. The van der Waals surface area contributed by atoms with Crippen LogP contribution in [0.3, 0.4) is 0 Å². The zero-order chi connectivity index (χ0) is 14.7. The van der Waals surface area contributed by atoms with Crippen LogP contribution < -0.4 is 5.32 Å². The van der Waals surface area contributed by atoms with Crippen molar-refractivity contribution >= 4 is 17.6 Å². The van der Waals surface area contributed by atoms with Crippen LogP contribution in [0, 0.1) is 0 Å². The van der Waals surface area contributed by atoms with Gasteiger partial charge in [0, 0.05) is 43.8 Å². The van der Waals surface area contributed by atoms with Crippen LogP contribution in [-0.2, 0) is 6.54 Å². The van der Waals surface area contributed by atoms with Crippen molar-refractivity contribution in [2.45, 2.75) is 31.8 Å². The minimum Gasteiger partial charge on any atom is -0.335 e. The van der Waals surface area contributed by atoms with Gasteiger partial charge in [-0.2, -0.15) is 0 Å². The van der Waals surface area contributed by atoms with Crippen LogP contribution >= 0.6 is 11.6 Å². The Kier molecular flexibility index (Phi) is 4.66. The molecule has 4 nitrogen and oxygen atoms in total. The zero-order valence-electron chi connectivity index (χ0n) is 12.2. The highest BCUT2D eigenvalue weighted by Crippen LogP contribution is 2.19. The molecular formula is C16H22ClN3O. The molecule has 1 aromatic rings. The molecule has 0 radical (unpaired) electrons. The lowest BCUT2D eigenvalue weighted by molar-refractivity contribution is 0.197. The van der Waals surface area contributed by atoms with E-state index in [0.29, 0.717) is 6.04 Å². The summed E-state index contributed by atoms with van der Waals surface area (Å²) in [5.41, 5.74) is 1.27. The van der Waals surface area contributed by atoms with Crippen molar-refractivity contribution in [2.24, 2.45) is 0 Å². The predicted molar refractivity (Wildman–Crippen MR) is 84.5 cm³/mol. The first kappa shape index (κ1) is 14.7. The lowest BCUT2D eigenvalue weighted by Crippen LogP contribution is -2.42. The van der Waals surface area contributed by atoms with Gasteiger partial charge in [0.2, 0.25) is 0 Å². The Balaban J connectivity index is 1.50. The summed E-state index contributed by atoms with van der Waals surface area (Å²) < 4.78 is 0. The first-order valence-corrected chi connectivity index (χ1v) is 8.11. The number of carbonyl (C=O) groups is 1. The second-order valence-electron chi connectivity index (χ2n) is 5.97. The topological polar surface area (TPSA) is 35.6 Å². The first-order chi connectivity index (χ1) is 10.2. The maximum Gasteiger partial charge on any atom is 0.317 e. The molecule has 0 bridgehead atoms. The van der Waals surface area contributed by atoms with E-state index in [4.69, 9.17) is 11.6 Å². The Morgan fingerprint density at radius 2 is 1.90 bits per heavy atom. The Bertz CT molecular complexity index is 487. The van der Waals surface area contributed by atoms with Crippen LogP contribution in [0.2, 0.25) is 5.02 Å². The van der Waals surface area contributed by atoms with Gasteiger partial charge in [-0.15, -0.1) is 0 Å². The van der Waals surface area contributed by atoms with Crippen molar-refractivity contribution < 1.29 is 4.79 Å². The molecule has 0 atom stereocenters. The fourth-order valence-corrected chi connectivity index (χ4v) is 2.80. The molecule has 1 aliphatic carbocycles. The van der Waals surface area contributed by atoms with Crippen LogP contribution in [0.1, 0.15) is 24.8 Å². The molecular weight excluding hydrogens is 286 g/mol. The molecule has 0 spiro atoms. The molecule has 1 saturated heterocycles. The van der Waals surface area contributed by atoms with Crippen molar-refractivity contribution in [1.82, 2.24) is 15.1 Å². The Morgan fingerprint density at radius 1 is 1.14 bits per heavy atom. The highest BCUT2D eigenvalue weighted by Gasteiger charge is 2.26. The van der Waals surface area contributed by atoms with E-state index in [1.54, 1.807) is 0 Å². The molecule has 2 aliphatic rings. The summed E-state index contributed by atoms with van der Waals surface area (Å²) in [7, 11) is 0. The van der Waals surface area contributed by atoms with E-state index in [-0.39, 0.29) is 6.03 Å². The van der Waals surface area contributed by atoms with E-state index < -0.39 is 0 Å². The molecule has 0 unspecified atom stereocenters. The maximum absolute atomic E-state index is 12.1. The summed E-state index contributed by atoms with van der Waals surface area (Å²) >= 11 is 5.92. The number of halogens is 1. The summed E-state index contributed by atoms with van der Waals surface area (Å²) in [5.74, 6) is 0. The summed E-state index contributed by atoms with van der Waals surface area (Å²) in [5, 5.41) is 3.85. The quantitative estimate of drug-likeness (QED) is 0.932. The Hall–Kier alpha value is -1.26. The van der Waals surface area contributed by atoms with E-state index in [1.807, 2.05) is 17.0 Å². The van der Waals surface area contributed by atoms with Crippen LogP contribution in [-0.4, -0.2) is 48.1 Å². The van der Waals surface area contributed by atoms with Crippen LogP contribution in [0.5, 0.6) is 0 Å². The van der Waals surface area contributed by atoms with E-state index in [0.717, 1.165) is 57.0 Å². The van der Waals surface area contributed by atoms with Crippen molar-refractivity contribution in [1.29, 1.82) is 0 Å². The van der Waals surface area contributed by atoms with Gasteiger partial charge in [0.15, 0.2) is 0 Å². The number of amides is 2. The molecule has 2 fully saturated rings. The van der Waals surface area contributed by atoms with E-state index in [2.05, 4.69) is 22.3 Å². The predicted octanol–water partition coefficient (Wildman–Crippen LogP) is 2.72. The molecule has 1 aliphatic heterocycles. The summed E-state index contributed by atoms with van der Waals surface area (Å²) in [6, 6.07) is 8.57. The highest BCUT2D eigenvalue weighted by atomic mass is 35.5. The average molecular weight is 308 g/mol. The van der Waals surface area contributed by atoms with Gasteiger partial charge >= 0.3 is 6.03 Å². The SMILES string of the molecule is O=C(NC1CC1)N1CCCN(Cc2ccc(Cl)cc2)CC1. The van der Waals surface area contributed by atoms with Crippen molar-refractivity contribution in [2.75, 3.05) is 26.2 Å². The smallest absolute Gasteiger partial charge is 0.317 e. The third-order valence-corrected chi connectivity index (χ3v) is 4.35. The second-order valence-corrected chi connectivity index (χ2v) is 6.40. The van der Waals surface area contributed by atoms with Gasteiger partial charge in [-0.1, -0.05) is 23.7 Å². The van der Waals surface area contributed by atoms with Gasteiger partial charge in [0.25, 0.3) is 0 Å². The van der Waals surface area contributed by atoms with Gasteiger partial charge in [-0.05, 0) is 37.0 Å². The lowest BCUT2D eigenvalue weighted by atomic mass is 10.2. The summed E-state index contributed by atoms with van der Waals surface area (Å²) in [4.78, 5) is 16.5. The number of rotatable bonds is 3. The van der Waals surface area contributed by atoms with Crippen LogP contribution in [0.15, 0.2) is 24.3 Å². The Morgan fingerprint density at radius 3 is 2.62 bits per heavy atom. The highest BCUT2D eigenvalue weighted by molar-refractivity contribution is 6.30. The number of nitrogens with zero attached hydrogens (tertiary/aromatic N) is 2. The summed E-state index contributed by atoms with van der Waals surface area (Å²) in [6.45, 7) is 4.56. The van der Waals surface area contributed by atoms with Crippen LogP contribution in [0.4, 0.5) is 4.79 Å². The maximum atomic E-state index is 12.1. The molecule has 0 aromatic heterocycles. The van der Waals surface area contributed by atoms with Gasteiger partial charge in [0.1, 0.15) is 0 Å². The minimum atomic E-state index is 0.117. The molecule has 5 heteroatoms. The summed E-state index contributed by atoms with van der Waals surface area (Å²) in [6.07, 6.45) is 3.32. The van der Waals surface area contributed by atoms with E-state index >= 15 is 0 Å². The third-order valence-electron chi connectivity index (χ3n) is 4.10. The van der Waals surface area contributed by atoms with Gasteiger partial charge in [0.05, 0.1) is 0 Å². The van der Waals surface area contributed by atoms with Gasteiger partial charge in [-0.25, -0.2) is 4.79 Å². The molecule has 1 heterocycles. The number of carbonyl (C=O) groups excluding carboxylic acids is 1. The van der Waals surface area contributed by atoms with E-state index in [9.17, 15) is 4.79 Å². The minimum absolute atomic E-state index is 0.117. The molecule has 1 N–H and O–H groups in total. The number of hydrogen-bond donors (Lipinski definition) is 1. The molecule has 1 saturated carbocycles. The standard InChI is InChI=1S/C16H22ClN3O/c17-14-4-2-13(3-5-14)12-19-8-1-9-20(11-10-19)16(21)18-15-6-7-15/h2-5,15H,1,6-12H2,(H,18,21). The fourth-order valence-electron chi connectivity index (χ4n) is 2.67. The van der Waals surface area contributed by atoms with Gasteiger partial charge in [-0.3, -0.25) is 4.90 Å². The zero-order valence-corrected chi connectivity index (χ0v) is 13.0. The first-order valence-electron chi connectivity index (χ1n) is 7.73. The fraction of sp³-hybridized carbons (Fsp3) is 0.562. The van der Waals surface area contributed by atoms with Crippen molar-refractivity contribution in [3.8, 4) is 0 Å². The van der Waals surface area contributed by atoms with Crippen molar-refractivity contribution in [3.63, 3.8) is 0 Å². The molecule has 3 rings (SSSR count). The third kappa shape index (κ3) is 4.35. The Labute approximate surface area is 131 Å². The van der Waals surface area contributed by atoms with Crippen molar-refractivity contribution in [3.05, 3.63) is 34.9 Å². The van der Waals surface area contributed by atoms with Gasteiger partial charge < -0.3 is 10.2 Å². The number of hydrogen-bond acceptors (Lipinski definition) is 2. The number of nitrogens with one attached hydrogen (secondary N) is 1. The average Bonchev–Trinajstić information content (AvgIpc) is 3.29. The largest absolute Gasteiger partial charge is 0.335 e. The molecule has 114 valence electrons. The molecule has 2 amide bonds.